The highest BCUT2D eigenvalue weighted by atomic mass is 14.6. The highest BCUT2D eigenvalue weighted by Crippen LogP contribution is 2.15. The molecule has 1 aromatic rings. The van der Waals surface area contributed by atoms with Crippen LogP contribution < -0.4 is 11.5 Å². The van der Waals surface area contributed by atoms with Crippen molar-refractivity contribution in [3.63, 3.8) is 0 Å². The van der Waals surface area contributed by atoms with Gasteiger partial charge in [0.1, 0.15) is 0 Å². The minimum Gasteiger partial charge on any atom is -0.330 e. The first kappa shape index (κ1) is 10.2. The molecular weight excluding hydrogens is 160 g/mol. The molecule has 0 aromatic heterocycles. The van der Waals surface area contributed by atoms with Crippen molar-refractivity contribution in [1.29, 1.82) is 0 Å². The Hall–Kier alpha value is -0.860. The van der Waals surface area contributed by atoms with E-state index in [0.717, 1.165) is 19.4 Å². The number of nitrogens with two attached hydrogens (primary N) is 2. The molecule has 1 aromatic carbocycles. The van der Waals surface area contributed by atoms with Gasteiger partial charge in [0, 0.05) is 6.04 Å². The van der Waals surface area contributed by atoms with Crippen LogP contribution in [-0.2, 0) is 0 Å². The van der Waals surface area contributed by atoms with Crippen molar-refractivity contribution in [3.8, 4) is 0 Å². The third-order valence-electron chi connectivity index (χ3n) is 2.22. The molecule has 0 fully saturated rings. The predicted molar refractivity (Wildman–Crippen MR) is 56.4 cm³/mol. The Balaban J connectivity index is 2.55. The van der Waals surface area contributed by atoms with Crippen molar-refractivity contribution in [3.05, 3.63) is 35.4 Å². The maximum atomic E-state index is 5.98. The summed E-state index contributed by atoms with van der Waals surface area (Å²) in [5.74, 6) is 0. The average molecular weight is 178 g/mol. The van der Waals surface area contributed by atoms with Gasteiger partial charge in [-0.25, -0.2) is 0 Å². The number of rotatable bonds is 4. The van der Waals surface area contributed by atoms with Crippen LogP contribution in [0.2, 0.25) is 0 Å². The first-order valence-corrected chi connectivity index (χ1v) is 4.76. The molecule has 1 rings (SSSR count). The first-order valence-electron chi connectivity index (χ1n) is 4.76. The summed E-state index contributed by atoms with van der Waals surface area (Å²) < 4.78 is 0. The maximum absolute atomic E-state index is 5.98. The molecule has 13 heavy (non-hydrogen) atoms. The molecule has 0 saturated heterocycles. The van der Waals surface area contributed by atoms with E-state index in [0.29, 0.717) is 0 Å². The van der Waals surface area contributed by atoms with Crippen molar-refractivity contribution in [1.82, 2.24) is 0 Å². The van der Waals surface area contributed by atoms with Crippen molar-refractivity contribution >= 4 is 0 Å². The molecule has 0 aliphatic heterocycles. The van der Waals surface area contributed by atoms with Crippen LogP contribution in [0.15, 0.2) is 24.3 Å². The standard InChI is InChI=1S/C11H18N2/c1-9-4-6-10(7-5-9)11(13)3-2-8-12/h4-7,11H,2-3,8,12-13H2,1H3/t11-/m1/s1. The lowest BCUT2D eigenvalue weighted by molar-refractivity contribution is 0.618. The van der Waals surface area contributed by atoms with Crippen LogP contribution in [0.1, 0.15) is 30.0 Å². The fourth-order valence-corrected chi connectivity index (χ4v) is 1.32. The lowest BCUT2D eigenvalue weighted by atomic mass is 10.0. The molecular formula is C11H18N2. The van der Waals surface area contributed by atoms with E-state index < -0.39 is 0 Å². The van der Waals surface area contributed by atoms with E-state index in [1.54, 1.807) is 0 Å². The summed E-state index contributed by atoms with van der Waals surface area (Å²) in [5, 5.41) is 0. The van der Waals surface area contributed by atoms with E-state index in [9.17, 15) is 0 Å². The number of hydrogen-bond donors (Lipinski definition) is 2. The number of hydrogen-bond acceptors (Lipinski definition) is 2. The number of aryl methyl sites for hydroxylation is 1. The van der Waals surface area contributed by atoms with Crippen LogP contribution in [0, 0.1) is 6.92 Å². The summed E-state index contributed by atoms with van der Waals surface area (Å²) in [7, 11) is 0. The zero-order chi connectivity index (χ0) is 9.68. The number of benzene rings is 1. The van der Waals surface area contributed by atoms with Gasteiger partial charge in [-0.05, 0) is 31.9 Å². The molecule has 0 spiro atoms. The van der Waals surface area contributed by atoms with Gasteiger partial charge in [-0.3, -0.25) is 0 Å². The van der Waals surface area contributed by atoms with Crippen molar-refractivity contribution in [2.45, 2.75) is 25.8 Å². The van der Waals surface area contributed by atoms with E-state index in [-0.39, 0.29) is 6.04 Å². The molecule has 72 valence electrons. The third kappa shape index (κ3) is 3.17. The first-order chi connectivity index (χ1) is 6.24. The van der Waals surface area contributed by atoms with E-state index in [1.165, 1.54) is 11.1 Å². The Morgan fingerprint density at radius 1 is 1.23 bits per heavy atom. The van der Waals surface area contributed by atoms with Gasteiger partial charge in [-0.2, -0.15) is 0 Å². The minimum absolute atomic E-state index is 0.143. The lowest BCUT2D eigenvalue weighted by Crippen LogP contribution is -2.12. The summed E-state index contributed by atoms with van der Waals surface area (Å²) in [6, 6.07) is 8.52. The molecule has 0 saturated carbocycles. The summed E-state index contributed by atoms with van der Waals surface area (Å²) in [4.78, 5) is 0. The highest BCUT2D eigenvalue weighted by molar-refractivity contribution is 5.23. The fraction of sp³-hybridized carbons (Fsp3) is 0.455. The second kappa shape index (κ2) is 5.00. The van der Waals surface area contributed by atoms with Crippen LogP contribution in [0.25, 0.3) is 0 Å². The summed E-state index contributed by atoms with van der Waals surface area (Å²) >= 11 is 0. The Morgan fingerprint density at radius 3 is 2.38 bits per heavy atom. The molecule has 4 N–H and O–H groups in total. The van der Waals surface area contributed by atoms with Gasteiger partial charge in [-0.1, -0.05) is 29.8 Å². The molecule has 2 heteroatoms. The van der Waals surface area contributed by atoms with Gasteiger partial charge in [-0.15, -0.1) is 0 Å². The quantitative estimate of drug-likeness (QED) is 0.737. The van der Waals surface area contributed by atoms with Gasteiger partial charge in [0.15, 0.2) is 0 Å². The van der Waals surface area contributed by atoms with Gasteiger partial charge in [0.2, 0.25) is 0 Å². The van der Waals surface area contributed by atoms with Crippen LogP contribution in [0.3, 0.4) is 0 Å². The van der Waals surface area contributed by atoms with E-state index in [2.05, 4.69) is 31.2 Å². The Labute approximate surface area is 79.9 Å². The Kier molecular flexibility index (Phi) is 3.93. The second-order valence-electron chi connectivity index (χ2n) is 3.45. The molecule has 0 aliphatic rings. The van der Waals surface area contributed by atoms with E-state index in [4.69, 9.17) is 11.5 Å². The van der Waals surface area contributed by atoms with E-state index >= 15 is 0 Å². The second-order valence-corrected chi connectivity index (χ2v) is 3.45. The molecule has 0 bridgehead atoms. The topological polar surface area (TPSA) is 52.0 Å². The van der Waals surface area contributed by atoms with Crippen molar-refractivity contribution in [2.24, 2.45) is 11.5 Å². The molecule has 0 amide bonds. The monoisotopic (exact) mass is 178 g/mol. The predicted octanol–water partition coefficient (Wildman–Crippen LogP) is 1.73. The summed E-state index contributed by atoms with van der Waals surface area (Å²) in [5.41, 5.74) is 13.9. The summed E-state index contributed by atoms with van der Waals surface area (Å²) in [6.45, 7) is 2.80. The van der Waals surface area contributed by atoms with Gasteiger partial charge in [0.25, 0.3) is 0 Å². The van der Waals surface area contributed by atoms with Gasteiger partial charge < -0.3 is 11.5 Å². The van der Waals surface area contributed by atoms with E-state index in [1.807, 2.05) is 0 Å². The molecule has 0 heterocycles. The van der Waals surface area contributed by atoms with Crippen LogP contribution in [0.4, 0.5) is 0 Å². The van der Waals surface area contributed by atoms with Crippen LogP contribution in [0.5, 0.6) is 0 Å². The van der Waals surface area contributed by atoms with Crippen molar-refractivity contribution in [2.75, 3.05) is 6.54 Å². The average Bonchev–Trinajstić information content (AvgIpc) is 2.15. The highest BCUT2D eigenvalue weighted by Gasteiger charge is 2.03. The molecule has 2 nitrogen and oxygen atoms in total. The Bertz CT molecular complexity index is 241. The minimum atomic E-state index is 0.143. The van der Waals surface area contributed by atoms with Crippen molar-refractivity contribution < 1.29 is 0 Å². The zero-order valence-electron chi connectivity index (χ0n) is 8.16. The SMILES string of the molecule is Cc1ccc([C@H](N)CCCN)cc1. The maximum Gasteiger partial charge on any atom is 0.0295 e. The fourth-order valence-electron chi connectivity index (χ4n) is 1.32. The van der Waals surface area contributed by atoms with Gasteiger partial charge in [0.05, 0.1) is 0 Å². The van der Waals surface area contributed by atoms with Gasteiger partial charge >= 0.3 is 0 Å². The third-order valence-corrected chi connectivity index (χ3v) is 2.22. The molecule has 0 aliphatic carbocycles. The molecule has 0 unspecified atom stereocenters. The summed E-state index contributed by atoms with van der Waals surface area (Å²) in [6.07, 6.45) is 1.97. The normalized spacial score (nSPS) is 12.8. The molecule has 1 atom stereocenters. The Morgan fingerprint density at radius 2 is 1.85 bits per heavy atom. The lowest BCUT2D eigenvalue weighted by Gasteiger charge is -2.11. The van der Waals surface area contributed by atoms with Crippen LogP contribution in [-0.4, -0.2) is 6.54 Å². The molecule has 0 radical (unpaired) electrons. The largest absolute Gasteiger partial charge is 0.330 e. The smallest absolute Gasteiger partial charge is 0.0295 e. The zero-order valence-corrected chi connectivity index (χ0v) is 8.16. The van der Waals surface area contributed by atoms with Crippen LogP contribution >= 0.6 is 0 Å².